The second-order valence-electron chi connectivity index (χ2n) is 7.49. The summed E-state index contributed by atoms with van der Waals surface area (Å²) >= 11 is 1.68. The number of aliphatic carboxylic acids is 1. The molecule has 12 heteroatoms. The molecule has 1 fully saturated rings. The van der Waals surface area contributed by atoms with Crippen LogP contribution in [-0.2, 0) is 11.3 Å². The highest BCUT2D eigenvalue weighted by molar-refractivity contribution is 7.08. The van der Waals surface area contributed by atoms with E-state index in [1.54, 1.807) is 17.6 Å². The number of hydrogen-bond donors (Lipinski definition) is 1. The summed E-state index contributed by atoms with van der Waals surface area (Å²) in [5.74, 6) is -0.358. The molecule has 0 saturated carbocycles. The van der Waals surface area contributed by atoms with Gasteiger partial charge in [0.25, 0.3) is 0 Å². The van der Waals surface area contributed by atoms with Gasteiger partial charge in [-0.05, 0) is 61.6 Å². The van der Waals surface area contributed by atoms with Crippen molar-refractivity contribution in [2.75, 3.05) is 13.1 Å². The summed E-state index contributed by atoms with van der Waals surface area (Å²) in [6.45, 7) is 2.94. The monoisotopic (exact) mass is 479 g/mol. The van der Waals surface area contributed by atoms with Crippen LogP contribution in [0.5, 0.6) is 0 Å². The SMILES string of the molecule is O=C(O)C(F)(F)F.c1coc(CN2CCC(c3nnc4ccc(-c5ccsc5)nn34)CC2)c1. The number of furan rings is 1. The Hall–Kier alpha value is -3.25. The molecule has 0 atom stereocenters. The van der Waals surface area contributed by atoms with Crippen LogP contribution in [0.3, 0.4) is 0 Å². The van der Waals surface area contributed by atoms with Crippen LogP contribution >= 0.6 is 11.3 Å². The van der Waals surface area contributed by atoms with Gasteiger partial charge in [0.15, 0.2) is 11.5 Å². The van der Waals surface area contributed by atoms with Crippen LogP contribution in [0.15, 0.2) is 51.8 Å². The Morgan fingerprint density at radius 2 is 1.94 bits per heavy atom. The highest BCUT2D eigenvalue weighted by Gasteiger charge is 2.38. The number of hydrogen-bond acceptors (Lipinski definition) is 7. The number of rotatable bonds is 4. The van der Waals surface area contributed by atoms with E-state index in [9.17, 15) is 13.2 Å². The van der Waals surface area contributed by atoms with Gasteiger partial charge in [-0.2, -0.15) is 34.1 Å². The first kappa shape index (κ1) is 22.9. The van der Waals surface area contributed by atoms with E-state index in [4.69, 9.17) is 19.4 Å². The fourth-order valence-corrected chi connectivity index (χ4v) is 4.25. The normalized spacial score (nSPS) is 15.4. The number of halogens is 3. The average Bonchev–Trinajstić information content (AvgIpc) is 3.55. The van der Waals surface area contributed by atoms with Gasteiger partial charge < -0.3 is 9.52 Å². The lowest BCUT2D eigenvalue weighted by Crippen LogP contribution is -2.33. The number of piperidine rings is 1. The van der Waals surface area contributed by atoms with Crippen molar-refractivity contribution in [3.05, 3.63) is 58.9 Å². The zero-order valence-electron chi connectivity index (χ0n) is 17.3. The standard InChI is InChI=1S/C19H19N5OS.C2HF3O2/c1-2-16(25-10-1)12-23-8-5-14(6-9-23)19-21-20-18-4-3-17(22-24(18)19)15-7-11-26-13-15;3-2(4,5)1(6)7/h1-4,7,10-11,13-14H,5-6,8-9,12H2;(H,6,7). The fraction of sp³-hybridized carbons (Fsp3) is 0.333. The highest BCUT2D eigenvalue weighted by Crippen LogP contribution is 2.28. The van der Waals surface area contributed by atoms with Crippen molar-refractivity contribution in [2.24, 2.45) is 0 Å². The van der Waals surface area contributed by atoms with Crippen molar-refractivity contribution in [3.8, 4) is 11.3 Å². The predicted molar refractivity (Wildman–Crippen MR) is 114 cm³/mol. The van der Waals surface area contributed by atoms with Gasteiger partial charge in [0.05, 0.1) is 18.5 Å². The van der Waals surface area contributed by atoms with Gasteiger partial charge in [-0.3, -0.25) is 4.90 Å². The highest BCUT2D eigenvalue weighted by atomic mass is 32.1. The Morgan fingerprint density at radius 1 is 1.18 bits per heavy atom. The number of aromatic nitrogens is 4. The molecular formula is C21H20F3N5O3S. The number of carbonyl (C=O) groups is 1. The zero-order chi connectivity index (χ0) is 23.4. The van der Waals surface area contributed by atoms with Crippen LogP contribution in [0.1, 0.15) is 30.3 Å². The second-order valence-corrected chi connectivity index (χ2v) is 8.27. The molecule has 1 aliphatic heterocycles. The minimum Gasteiger partial charge on any atom is -0.475 e. The molecule has 1 saturated heterocycles. The largest absolute Gasteiger partial charge is 0.490 e. The third kappa shape index (κ3) is 5.57. The number of thiophene rings is 1. The number of likely N-dealkylation sites (tertiary alicyclic amines) is 1. The van der Waals surface area contributed by atoms with E-state index in [1.807, 2.05) is 28.8 Å². The molecule has 5 heterocycles. The van der Waals surface area contributed by atoms with Crippen LogP contribution in [0, 0.1) is 0 Å². The molecule has 1 aliphatic rings. The summed E-state index contributed by atoms with van der Waals surface area (Å²) in [5, 5.41) is 24.9. The molecule has 0 spiro atoms. The van der Waals surface area contributed by atoms with E-state index >= 15 is 0 Å². The molecular weight excluding hydrogens is 459 g/mol. The Labute approximate surface area is 190 Å². The van der Waals surface area contributed by atoms with E-state index in [0.717, 1.165) is 61.0 Å². The van der Waals surface area contributed by atoms with Crippen LogP contribution in [0.4, 0.5) is 13.2 Å². The summed E-state index contributed by atoms with van der Waals surface area (Å²) < 4.78 is 39.1. The summed E-state index contributed by atoms with van der Waals surface area (Å²) in [7, 11) is 0. The van der Waals surface area contributed by atoms with Gasteiger partial charge in [0, 0.05) is 16.9 Å². The maximum atomic E-state index is 10.6. The third-order valence-electron chi connectivity index (χ3n) is 5.26. The number of carboxylic acid groups (broad SMARTS) is 1. The van der Waals surface area contributed by atoms with Crippen LogP contribution in [0.2, 0.25) is 0 Å². The zero-order valence-corrected chi connectivity index (χ0v) is 18.1. The quantitative estimate of drug-likeness (QED) is 0.462. The van der Waals surface area contributed by atoms with Gasteiger partial charge >= 0.3 is 12.1 Å². The van der Waals surface area contributed by atoms with Crippen molar-refractivity contribution < 1.29 is 27.5 Å². The first-order chi connectivity index (χ1) is 15.8. The smallest absolute Gasteiger partial charge is 0.475 e. The van der Waals surface area contributed by atoms with E-state index < -0.39 is 12.1 Å². The summed E-state index contributed by atoms with van der Waals surface area (Å²) in [6.07, 6.45) is -1.22. The van der Waals surface area contributed by atoms with Gasteiger partial charge in [-0.1, -0.05) is 0 Å². The topological polar surface area (TPSA) is 96.8 Å². The van der Waals surface area contributed by atoms with E-state index in [0.29, 0.717) is 5.92 Å². The van der Waals surface area contributed by atoms with Crippen LogP contribution in [-0.4, -0.2) is 55.1 Å². The van der Waals surface area contributed by atoms with Crippen molar-refractivity contribution in [3.63, 3.8) is 0 Å². The van der Waals surface area contributed by atoms with Crippen molar-refractivity contribution in [2.45, 2.75) is 31.5 Å². The molecule has 0 amide bonds. The van der Waals surface area contributed by atoms with Gasteiger partial charge in [-0.15, -0.1) is 10.2 Å². The number of carboxylic acids is 1. The molecule has 8 nitrogen and oxygen atoms in total. The molecule has 0 aromatic carbocycles. The van der Waals surface area contributed by atoms with Crippen LogP contribution < -0.4 is 0 Å². The summed E-state index contributed by atoms with van der Waals surface area (Å²) in [4.78, 5) is 11.3. The molecule has 1 N–H and O–H groups in total. The lowest BCUT2D eigenvalue weighted by atomic mass is 9.96. The van der Waals surface area contributed by atoms with Gasteiger partial charge in [0.1, 0.15) is 5.76 Å². The van der Waals surface area contributed by atoms with Gasteiger partial charge in [0.2, 0.25) is 0 Å². The molecule has 0 unspecified atom stereocenters. The maximum absolute atomic E-state index is 10.6. The molecule has 0 aliphatic carbocycles. The summed E-state index contributed by atoms with van der Waals surface area (Å²) in [5.41, 5.74) is 2.93. The first-order valence-corrected chi connectivity index (χ1v) is 11.1. The second kappa shape index (κ2) is 9.71. The van der Waals surface area contributed by atoms with E-state index in [-0.39, 0.29) is 0 Å². The molecule has 33 heavy (non-hydrogen) atoms. The molecule has 0 bridgehead atoms. The Kier molecular flexibility index (Phi) is 6.75. The molecule has 4 aromatic heterocycles. The minimum absolute atomic E-state index is 0.392. The lowest BCUT2D eigenvalue weighted by Gasteiger charge is -2.30. The first-order valence-electron chi connectivity index (χ1n) is 10.1. The summed E-state index contributed by atoms with van der Waals surface area (Å²) in [6, 6.07) is 10.1. The van der Waals surface area contributed by atoms with Crippen molar-refractivity contribution >= 4 is 23.0 Å². The van der Waals surface area contributed by atoms with E-state index in [1.165, 1.54) is 0 Å². The van der Waals surface area contributed by atoms with Crippen LogP contribution in [0.25, 0.3) is 16.9 Å². The number of nitrogens with zero attached hydrogens (tertiary/aromatic N) is 5. The van der Waals surface area contributed by atoms with E-state index in [2.05, 4.69) is 31.9 Å². The minimum atomic E-state index is -5.08. The van der Waals surface area contributed by atoms with Crippen molar-refractivity contribution in [1.29, 1.82) is 0 Å². The molecule has 174 valence electrons. The Balaban J connectivity index is 0.000000325. The number of fused-ring (bicyclic) bond motifs is 1. The Morgan fingerprint density at radius 3 is 2.55 bits per heavy atom. The molecule has 5 rings (SSSR count). The predicted octanol–water partition coefficient (Wildman–Crippen LogP) is 4.46. The third-order valence-corrected chi connectivity index (χ3v) is 5.94. The molecule has 0 radical (unpaired) electrons. The Bertz CT molecular complexity index is 1180. The lowest BCUT2D eigenvalue weighted by molar-refractivity contribution is -0.192. The van der Waals surface area contributed by atoms with Gasteiger partial charge in [-0.25, -0.2) is 4.79 Å². The van der Waals surface area contributed by atoms with Crippen molar-refractivity contribution in [1.82, 2.24) is 24.7 Å². The average molecular weight is 479 g/mol. The number of alkyl halides is 3. The maximum Gasteiger partial charge on any atom is 0.490 e. The fourth-order valence-electron chi connectivity index (χ4n) is 3.60. The molecule has 4 aromatic rings.